The van der Waals surface area contributed by atoms with Crippen LogP contribution < -0.4 is 10.5 Å². The number of halogens is 1. The summed E-state index contributed by atoms with van der Waals surface area (Å²) in [5, 5.41) is 9.27. The van der Waals surface area contributed by atoms with Gasteiger partial charge in [-0.2, -0.15) is 0 Å². The van der Waals surface area contributed by atoms with Crippen molar-refractivity contribution < 1.29 is 19.0 Å². The molecule has 1 saturated heterocycles. The molecule has 6 nitrogen and oxygen atoms in total. The van der Waals surface area contributed by atoms with Gasteiger partial charge in [0.25, 0.3) is 0 Å². The molecule has 1 aromatic carbocycles. The van der Waals surface area contributed by atoms with Crippen LogP contribution in [0.1, 0.15) is 12.0 Å². The second-order valence-electron chi connectivity index (χ2n) is 5.80. The predicted molar refractivity (Wildman–Crippen MR) is 84.5 cm³/mol. The largest absolute Gasteiger partial charge is 0.497 e. The van der Waals surface area contributed by atoms with Crippen LogP contribution in [0, 0.1) is 5.82 Å². The van der Waals surface area contributed by atoms with Crippen LogP contribution in [0.4, 0.5) is 4.39 Å². The van der Waals surface area contributed by atoms with Gasteiger partial charge in [-0.25, -0.2) is 4.39 Å². The van der Waals surface area contributed by atoms with Gasteiger partial charge in [0, 0.05) is 50.5 Å². The van der Waals surface area contributed by atoms with Gasteiger partial charge >= 0.3 is 0 Å². The molecule has 2 rings (SSSR count). The molecule has 0 saturated carbocycles. The number of methoxy groups -OCH3 is 1. The molecule has 1 heterocycles. The number of nitrogens with two attached hydrogens (primary N) is 1. The van der Waals surface area contributed by atoms with Crippen LogP contribution in [0.2, 0.25) is 0 Å². The lowest BCUT2D eigenvalue weighted by Gasteiger charge is -2.41. The van der Waals surface area contributed by atoms with Gasteiger partial charge in [-0.3, -0.25) is 14.6 Å². The van der Waals surface area contributed by atoms with Crippen molar-refractivity contribution in [2.45, 2.75) is 19.0 Å². The van der Waals surface area contributed by atoms with Crippen LogP contribution in [-0.4, -0.2) is 66.8 Å². The Hall–Kier alpha value is -1.70. The lowest BCUT2D eigenvalue weighted by molar-refractivity contribution is -0.120. The third kappa shape index (κ3) is 4.89. The molecule has 0 bridgehead atoms. The molecule has 0 radical (unpaired) electrons. The number of carbonyl (C=O) groups excluding carboxylic acids is 1. The van der Waals surface area contributed by atoms with E-state index < -0.39 is 0 Å². The third-order valence-corrected chi connectivity index (χ3v) is 4.16. The molecule has 0 spiro atoms. The Labute approximate surface area is 135 Å². The van der Waals surface area contributed by atoms with E-state index in [-0.39, 0.29) is 30.9 Å². The molecule has 1 amide bonds. The van der Waals surface area contributed by atoms with Crippen molar-refractivity contribution in [3.8, 4) is 5.75 Å². The number of piperazine rings is 1. The molecule has 3 N–H and O–H groups in total. The molecule has 1 aliphatic rings. The topological polar surface area (TPSA) is 79.0 Å². The molecule has 128 valence electrons. The van der Waals surface area contributed by atoms with Crippen LogP contribution in [0.15, 0.2) is 18.2 Å². The summed E-state index contributed by atoms with van der Waals surface area (Å²) in [4.78, 5) is 15.2. The van der Waals surface area contributed by atoms with Gasteiger partial charge in [-0.15, -0.1) is 0 Å². The van der Waals surface area contributed by atoms with Gasteiger partial charge in [0.1, 0.15) is 11.6 Å². The van der Waals surface area contributed by atoms with Crippen molar-refractivity contribution in [3.05, 3.63) is 29.6 Å². The van der Waals surface area contributed by atoms with Gasteiger partial charge in [0.15, 0.2) is 0 Å². The Kier molecular flexibility index (Phi) is 6.32. The fraction of sp³-hybridized carbons (Fsp3) is 0.562. The van der Waals surface area contributed by atoms with E-state index in [1.165, 1.54) is 13.2 Å². The van der Waals surface area contributed by atoms with Gasteiger partial charge in [-0.05, 0) is 12.5 Å². The van der Waals surface area contributed by atoms with Gasteiger partial charge < -0.3 is 15.6 Å². The standard InChI is InChI=1S/C16H24FN3O3/c1-23-14-3-2-12(15(17)8-14)9-20-6-5-19(11-16(18)22)10-13(20)4-7-21/h2-3,8,13,21H,4-7,9-11H2,1H3,(H2,18,22)/t13-/m1/s1. The molecule has 23 heavy (non-hydrogen) atoms. The van der Waals surface area contributed by atoms with Crippen molar-refractivity contribution in [1.29, 1.82) is 0 Å². The molecule has 1 aliphatic heterocycles. The average Bonchev–Trinajstić information content (AvgIpc) is 2.51. The minimum absolute atomic E-state index is 0.0523. The normalized spacial score (nSPS) is 19.7. The zero-order valence-corrected chi connectivity index (χ0v) is 13.4. The number of ether oxygens (including phenoxy) is 1. The van der Waals surface area contributed by atoms with Gasteiger partial charge in [0.05, 0.1) is 13.7 Å². The monoisotopic (exact) mass is 325 g/mol. The van der Waals surface area contributed by atoms with Crippen LogP contribution in [0.3, 0.4) is 0 Å². The number of aliphatic hydroxyl groups excluding tert-OH is 1. The van der Waals surface area contributed by atoms with Crippen molar-refractivity contribution >= 4 is 5.91 Å². The highest BCUT2D eigenvalue weighted by Gasteiger charge is 2.27. The summed E-state index contributed by atoms with van der Waals surface area (Å²) in [5.74, 6) is -0.168. The zero-order chi connectivity index (χ0) is 16.8. The van der Waals surface area contributed by atoms with E-state index in [1.807, 2.05) is 4.90 Å². The van der Waals surface area contributed by atoms with E-state index >= 15 is 0 Å². The van der Waals surface area contributed by atoms with Gasteiger partial charge in [-0.1, -0.05) is 6.07 Å². The van der Waals surface area contributed by atoms with E-state index in [1.54, 1.807) is 12.1 Å². The fourth-order valence-corrected chi connectivity index (χ4v) is 2.95. The second-order valence-corrected chi connectivity index (χ2v) is 5.80. The van der Waals surface area contributed by atoms with E-state index in [9.17, 15) is 14.3 Å². The van der Waals surface area contributed by atoms with Crippen molar-refractivity contribution in [2.24, 2.45) is 5.73 Å². The maximum absolute atomic E-state index is 14.1. The summed E-state index contributed by atoms with van der Waals surface area (Å²) in [6.45, 7) is 2.77. The number of benzene rings is 1. The highest BCUT2D eigenvalue weighted by molar-refractivity contribution is 5.75. The number of rotatable bonds is 7. The summed E-state index contributed by atoms with van der Waals surface area (Å²) >= 11 is 0. The molecule has 0 aliphatic carbocycles. The van der Waals surface area contributed by atoms with E-state index in [2.05, 4.69) is 4.90 Å². The lowest BCUT2D eigenvalue weighted by Crippen LogP contribution is -2.54. The summed E-state index contributed by atoms with van der Waals surface area (Å²) < 4.78 is 19.1. The number of aliphatic hydroxyl groups is 1. The number of carbonyl (C=O) groups is 1. The molecule has 1 atom stereocenters. The number of primary amides is 1. The second kappa shape index (κ2) is 8.24. The Morgan fingerprint density at radius 2 is 2.26 bits per heavy atom. The molecule has 0 aromatic heterocycles. The molecular formula is C16H24FN3O3. The Morgan fingerprint density at radius 1 is 1.48 bits per heavy atom. The Morgan fingerprint density at radius 3 is 2.87 bits per heavy atom. The maximum atomic E-state index is 14.1. The molecule has 0 unspecified atom stereocenters. The number of nitrogens with zero attached hydrogens (tertiary/aromatic N) is 2. The smallest absolute Gasteiger partial charge is 0.231 e. The third-order valence-electron chi connectivity index (χ3n) is 4.16. The highest BCUT2D eigenvalue weighted by atomic mass is 19.1. The first kappa shape index (κ1) is 17.7. The van der Waals surface area contributed by atoms with Crippen molar-refractivity contribution in [1.82, 2.24) is 9.80 Å². The lowest BCUT2D eigenvalue weighted by atomic mass is 10.1. The first-order valence-electron chi connectivity index (χ1n) is 7.71. The maximum Gasteiger partial charge on any atom is 0.231 e. The van der Waals surface area contributed by atoms with Crippen molar-refractivity contribution in [3.63, 3.8) is 0 Å². The van der Waals surface area contributed by atoms with Crippen LogP contribution >= 0.6 is 0 Å². The van der Waals surface area contributed by atoms with Crippen LogP contribution in [0.25, 0.3) is 0 Å². The summed E-state index contributed by atoms with van der Waals surface area (Å²) in [6, 6.07) is 4.90. The van der Waals surface area contributed by atoms with E-state index in [4.69, 9.17) is 10.5 Å². The summed E-state index contributed by atoms with van der Waals surface area (Å²) in [6.07, 6.45) is 0.576. The average molecular weight is 325 g/mol. The van der Waals surface area contributed by atoms with Crippen LogP contribution in [0.5, 0.6) is 5.75 Å². The molecule has 1 fully saturated rings. The quantitative estimate of drug-likeness (QED) is 0.748. The summed E-state index contributed by atoms with van der Waals surface area (Å²) in [7, 11) is 1.50. The van der Waals surface area contributed by atoms with E-state index in [0.29, 0.717) is 43.9 Å². The number of amides is 1. The molecule has 1 aromatic rings. The Balaban J connectivity index is 2.04. The van der Waals surface area contributed by atoms with Crippen LogP contribution in [-0.2, 0) is 11.3 Å². The molecular weight excluding hydrogens is 301 g/mol. The first-order chi connectivity index (χ1) is 11.0. The number of hydrogen-bond acceptors (Lipinski definition) is 5. The predicted octanol–water partition coefficient (Wildman–Crippen LogP) is 0.188. The van der Waals surface area contributed by atoms with E-state index in [0.717, 1.165) is 0 Å². The number of hydrogen-bond donors (Lipinski definition) is 2. The zero-order valence-electron chi connectivity index (χ0n) is 13.4. The molecule has 7 heteroatoms. The van der Waals surface area contributed by atoms with Gasteiger partial charge in [0.2, 0.25) is 5.91 Å². The highest BCUT2D eigenvalue weighted by Crippen LogP contribution is 2.21. The first-order valence-corrected chi connectivity index (χ1v) is 7.71. The minimum Gasteiger partial charge on any atom is -0.497 e. The Bertz CT molecular complexity index is 541. The fourth-order valence-electron chi connectivity index (χ4n) is 2.95. The summed E-state index contributed by atoms with van der Waals surface area (Å²) in [5.41, 5.74) is 5.84. The van der Waals surface area contributed by atoms with Crippen molar-refractivity contribution in [2.75, 3.05) is 39.9 Å². The SMILES string of the molecule is COc1ccc(CN2CCN(CC(N)=O)C[C@H]2CCO)c(F)c1. The minimum atomic E-state index is -0.359.